The minimum absolute atomic E-state index is 0.0269. The van der Waals surface area contributed by atoms with Gasteiger partial charge < -0.3 is 14.4 Å². The third-order valence-electron chi connectivity index (χ3n) is 2.74. The summed E-state index contributed by atoms with van der Waals surface area (Å²) in [7, 11) is 1.90. The summed E-state index contributed by atoms with van der Waals surface area (Å²) in [5.74, 6) is 2.31. The number of nitrogens with zero attached hydrogens (tertiary/aromatic N) is 3. The number of aliphatic hydroxyl groups excluding tert-OH is 1. The van der Waals surface area contributed by atoms with E-state index in [1.807, 2.05) is 30.7 Å². The van der Waals surface area contributed by atoms with Crippen LogP contribution in [0.3, 0.4) is 0 Å². The van der Waals surface area contributed by atoms with Crippen molar-refractivity contribution in [3.63, 3.8) is 0 Å². The molecule has 0 amide bonds. The molecule has 0 atom stereocenters. The smallest absolute Gasteiger partial charge is 0.170 e. The van der Waals surface area contributed by atoms with E-state index in [1.54, 1.807) is 6.07 Å². The third kappa shape index (κ3) is 2.70. The molecule has 0 saturated carbocycles. The van der Waals surface area contributed by atoms with Crippen LogP contribution >= 0.6 is 15.9 Å². The first kappa shape index (κ1) is 13.0. The molecule has 2 aromatic rings. The molecule has 0 aliphatic carbocycles. The van der Waals surface area contributed by atoms with Crippen LogP contribution in [0.2, 0.25) is 0 Å². The maximum Gasteiger partial charge on any atom is 0.170 e. The van der Waals surface area contributed by atoms with Gasteiger partial charge in [0.05, 0.1) is 6.61 Å². The summed E-state index contributed by atoms with van der Waals surface area (Å²) >= 11 is 3.36. The number of aromatic nitrogens is 3. The highest BCUT2D eigenvalue weighted by atomic mass is 79.9. The first-order chi connectivity index (χ1) is 8.61. The van der Waals surface area contributed by atoms with Gasteiger partial charge in [-0.15, -0.1) is 10.2 Å². The van der Waals surface area contributed by atoms with Crippen molar-refractivity contribution in [2.75, 3.05) is 0 Å². The summed E-state index contributed by atoms with van der Waals surface area (Å²) in [6, 6.07) is 5.49. The van der Waals surface area contributed by atoms with Crippen LogP contribution in [0.4, 0.5) is 0 Å². The summed E-state index contributed by atoms with van der Waals surface area (Å²) in [5.41, 5.74) is 0.793. The van der Waals surface area contributed by atoms with Gasteiger partial charge in [0.1, 0.15) is 18.2 Å². The van der Waals surface area contributed by atoms with Crippen LogP contribution in [-0.2, 0) is 20.3 Å². The van der Waals surface area contributed by atoms with Crippen LogP contribution in [0.25, 0.3) is 0 Å². The molecule has 0 fully saturated rings. The summed E-state index contributed by atoms with van der Waals surface area (Å²) < 4.78 is 8.38. The lowest BCUT2D eigenvalue weighted by molar-refractivity contribution is 0.274. The number of aryl methyl sites for hydroxylation is 1. The molecule has 18 heavy (non-hydrogen) atoms. The zero-order valence-corrected chi connectivity index (χ0v) is 11.8. The normalized spacial score (nSPS) is 10.7. The third-order valence-corrected chi connectivity index (χ3v) is 3.51. The fourth-order valence-electron chi connectivity index (χ4n) is 1.49. The Hall–Kier alpha value is -1.40. The largest absolute Gasteiger partial charge is 0.486 e. The Morgan fingerprint density at radius 3 is 2.78 bits per heavy atom. The van der Waals surface area contributed by atoms with Crippen LogP contribution in [-0.4, -0.2) is 19.9 Å². The van der Waals surface area contributed by atoms with Crippen LogP contribution < -0.4 is 4.74 Å². The lowest BCUT2D eigenvalue weighted by atomic mass is 10.2. The van der Waals surface area contributed by atoms with E-state index >= 15 is 0 Å². The minimum atomic E-state index is -0.0269. The fraction of sp³-hybridized carbons (Fsp3) is 0.333. The monoisotopic (exact) mass is 311 g/mol. The molecule has 0 unspecified atom stereocenters. The Bertz CT molecular complexity index is 554. The van der Waals surface area contributed by atoms with E-state index in [9.17, 15) is 0 Å². The minimum Gasteiger partial charge on any atom is -0.486 e. The first-order valence-electron chi connectivity index (χ1n) is 5.48. The second kappa shape index (κ2) is 5.49. The van der Waals surface area contributed by atoms with Crippen molar-refractivity contribution in [3.8, 4) is 5.75 Å². The molecule has 6 heteroatoms. The van der Waals surface area contributed by atoms with E-state index in [4.69, 9.17) is 9.84 Å². The zero-order valence-electron chi connectivity index (χ0n) is 10.2. The molecule has 0 spiro atoms. The molecule has 96 valence electrons. The van der Waals surface area contributed by atoms with Gasteiger partial charge in [0.25, 0.3) is 0 Å². The standard InChI is InChI=1S/C12H14BrN3O2/c1-8-14-15-12(16(8)2)7-18-10-3-4-11(13)9(5-10)6-17/h3-5,17H,6-7H2,1-2H3. The predicted octanol–water partition coefficient (Wildman–Crippen LogP) is 1.96. The molecule has 0 radical (unpaired) electrons. The Kier molecular flexibility index (Phi) is 3.98. The number of ether oxygens (including phenoxy) is 1. The van der Waals surface area contributed by atoms with E-state index < -0.39 is 0 Å². The first-order valence-corrected chi connectivity index (χ1v) is 6.28. The van der Waals surface area contributed by atoms with Gasteiger partial charge in [-0.05, 0) is 30.7 Å². The molecule has 1 aromatic heterocycles. The number of rotatable bonds is 4. The van der Waals surface area contributed by atoms with Gasteiger partial charge in [-0.25, -0.2) is 0 Å². The molecule has 2 rings (SSSR count). The maximum absolute atomic E-state index is 9.16. The molecule has 0 bridgehead atoms. The van der Waals surface area contributed by atoms with Crippen molar-refractivity contribution in [2.45, 2.75) is 20.1 Å². The summed E-state index contributed by atoms with van der Waals surface area (Å²) in [4.78, 5) is 0. The van der Waals surface area contributed by atoms with Crippen molar-refractivity contribution in [1.82, 2.24) is 14.8 Å². The molecule has 5 nitrogen and oxygen atoms in total. The Labute approximate surface area is 114 Å². The maximum atomic E-state index is 9.16. The van der Waals surface area contributed by atoms with Gasteiger partial charge >= 0.3 is 0 Å². The fourth-order valence-corrected chi connectivity index (χ4v) is 1.86. The Morgan fingerprint density at radius 1 is 1.39 bits per heavy atom. The van der Waals surface area contributed by atoms with E-state index in [2.05, 4.69) is 26.1 Å². The van der Waals surface area contributed by atoms with E-state index in [1.165, 1.54) is 0 Å². The lowest BCUT2D eigenvalue weighted by Gasteiger charge is -2.08. The second-order valence-electron chi connectivity index (χ2n) is 3.92. The highest BCUT2D eigenvalue weighted by molar-refractivity contribution is 9.10. The van der Waals surface area contributed by atoms with Gasteiger partial charge in [-0.1, -0.05) is 15.9 Å². The van der Waals surface area contributed by atoms with Crippen molar-refractivity contribution >= 4 is 15.9 Å². The molecule has 0 aliphatic heterocycles. The number of aliphatic hydroxyl groups is 1. The molecular weight excluding hydrogens is 298 g/mol. The average Bonchev–Trinajstić information content (AvgIpc) is 2.69. The molecule has 1 N–H and O–H groups in total. The summed E-state index contributed by atoms with van der Waals surface area (Å²) in [5, 5.41) is 17.1. The molecule has 0 aliphatic rings. The number of hydrogen-bond donors (Lipinski definition) is 1. The predicted molar refractivity (Wildman–Crippen MR) is 70.1 cm³/mol. The zero-order chi connectivity index (χ0) is 13.1. The Balaban J connectivity index is 2.08. The van der Waals surface area contributed by atoms with Gasteiger partial charge in [0.2, 0.25) is 0 Å². The van der Waals surface area contributed by atoms with E-state index in [-0.39, 0.29) is 6.61 Å². The van der Waals surface area contributed by atoms with Gasteiger partial charge in [0, 0.05) is 11.5 Å². The summed E-state index contributed by atoms with van der Waals surface area (Å²) in [6.07, 6.45) is 0. The average molecular weight is 312 g/mol. The highest BCUT2D eigenvalue weighted by Gasteiger charge is 2.06. The number of hydrogen-bond acceptors (Lipinski definition) is 4. The summed E-state index contributed by atoms with van der Waals surface area (Å²) in [6.45, 7) is 2.21. The highest BCUT2D eigenvalue weighted by Crippen LogP contribution is 2.23. The van der Waals surface area contributed by atoms with Gasteiger partial charge in [-0.3, -0.25) is 0 Å². The van der Waals surface area contributed by atoms with Crippen LogP contribution in [0.5, 0.6) is 5.75 Å². The van der Waals surface area contributed by atoms with Crippen molar-refractivity contribution in [2.24, 2.45) is 7.05 Å². The van der Waals surface area contributed by atoms with Crippen molar-refractivity contribution in [3.05, 3.63) is 39.9 Å². The van der Waals surface area contributed by atoms with Crippen LogP contribution in [0, 0.1) is 6.92 Å². The topological polar surface area (TPSA) is 60.2 Å². The lowest BCUT2D eigenvalue weighted by Crippen LogP contribution is -2.04. The number of benzene rings is 1. The van der Waals surface area contributed by atoms with Crippen LogP contribution in [0.1, 0.15) is 17.2 Å². The van der Waals surface area contributed by atoms with E-state index in [0.717, 1.165) is 21.7 Å². The van der Waals surface area contributed by atoms with Crippen molar-refractivity contribution < 1.29 is 9.84 Å². The van der Waals surface area contributed by atoms with Gasteiger partial charge in [0.15, 0.2) is 5.82 Å². The molecular formula is C12H14BrN3O2. The SMILES string of the molecule is Cc1nnc(COc2ccc(Br)c(CO)c2)n1C. The molecule has 1 aromatic carbocycles. The van der Waals surface area contributed by atoms with Gasteiger partial charge in [-0.2, -0.15) is 0 Å². The Morgan fingerprint density at radius 2 is 2.17 bits per heavy atom. The number of halogens is 1. The quantitative estimate of drug-likeness (QED) is 0.937. The van der Waals surface area contributed by atoms with Crippen molar-refractivity contribution in [1.29, 1.82) is 0 Å². The molecule has 1 heterocycles. The molecule has 0 saturated heterocycles. The van der Waals surface area contributed by atoms with E-state index in [0.29, 0.717) is 12.4 Å². The second-order valence-corrected chi connectivity index (χ2v) is 4.78. The van der Waals surface area contributed by atoms with Crippen LogP contribution in [0.15, 0.2) is 22.7 Å².